The number of hydrogen-bond acceptors (Lipinski definition) is 4. The van der Waals surface area contributed by atoms with Crippen molar-refractivity contribution in [3.05, 3.63) is 115 Å². The van der Waals surface area contributed by atoms with Crippen molar-refractivity contribution in [3.8, 4) is 11.1 Å². The number of rotatable bonds is 3. The van der Waals surface area contributed by atoms with Gasteiger partial charge in [0.15, 0.2) is 0 Å². The van der Waals surface area contributed by atoms with Crippen LogP contribution in [0.1, 0.15) is 11.5 Å². The van der Waals surface area contributed by atoms with Gasteiger partial charge < -0.3 is 19.4 Å². The Bertz CT molecular complexity index is 1650. The maximum Gasteiger partial charge on any atom is 0.492 e. The van der Waals surface area contributed by atoms with Crippen LogP contribution in [0.4, 0.5) is 11.4 Å². The Kier molecular flexibility index (Phi) is 4.49. The van der Waals surface area contributed by atoms with E-state index in [2.05, 4.69) is 77.7 Å². The lowest BCUT2D eigenvalue weighted by atomic mass is 9.79. The van der Waals surface area contributed by atoms with Crippen molar-refractivity contribution in [3.63, 3.8) is 0 Å². The van der Waals surface area contributed by atoms with Crippen molar-refractivity contribution in [2.24, 2.45) is 0 Å². The van der Waals surface area contributed by atoms with Crippen LogP contribution in [-0.4, -0.2) is 23.2 Å². The van der Waals surface area contributed by atoms with Crippen LogP contribution in [0.25, 0.3) is 33.1 Å². The van der Waals surface area contributed by atoms with E-state index in [0.29, 0.717) is 11.0 Å². The summed E-state index contributed by atoms with van der Waals surface area (Å²) in [7, 11) is -1.59. The molecule has 0 radical (unpaired) electrons. The van der Waals surface area contributed by atoms with Gasteiger partial charge in [0.05, 0.1) is 6.04 Å². The Hall–Kier alpha value is -4.06. The lowest BCUT2D eigenvalue weighted by Gasteiger charge is -2.28. The third kappa shape index (κ3) is 3.02. The van der Waals surface area contributed by atoms with Gasteiger partial charge in [0.25, 0.3) is 0 Å². The smallest absolute Gasteiger partial charge is 0.456 e. The lowest BCUT2D eigenvalue weighted by molar-refractivity contribution is 0.425. The summed E-state index contributed by atoms with van der Waals surface area (Å²) in [6, 6.07) is 29.0. The van der Waals surface area contributed by atoms with Gasteiger partial charge in [0.1, 0.15) is 11.2 Å². The van der Waals surface area contributed by atoms with E-state index < -0.39 is 7.12 Å². The highest BCUT2D eigenvalue weighted by Gasteiger charge is 2.37. The van der Waals surface area contributed by atoms with Crippen LogP contribution in [-0.2, 0) is 0 Å². The predicted octanol–water partition coefficient (Wildman–Crippen LogP) is 5.66. The Labute approximate surface area is 203 Å². The molecule has 0 amide bonds. The molecule has 0 saturated heterocycles. The molecule has 1 aliphatic heterocycles. The Balaban J connectivity index is 1.42. The normalized spacial score (nSPS) is 18.3. The van der Waals surface area contributed by atoms with E-state index in [0.717, 1.165) is 27.5 Å². The van der Waals surface area contributed by atoms with Crippen molar-refractivity contribution in [1.82, 2.24) is 0 Å². The monoisotopic (exact) mass is 455 g/mol. The van der Waals surface area contributed by atoms with Crippen LogP contribution in [0, 0.1) is 0 Å². The summed E-state index contributed by atoms with van der Waals surface area (Å²) in [5, 5.41) is 21.5. The van der Waals surface area contributed by atoms with Crippen LogP contribution in [0.3, 0.4) is 0 Å². The van der Waals surface area contributed by atoms with Gasteiger partial charge in [-0.3, -0.25) is 0 Å². The number of allylic oxidation sites excluding steroid dienone is 2. The second-order valence-corrected chi connectivity index (χ2v) is 9.15. The van der Waals surface area contributed by atoms with Gasteiger partial charge in [0.2, 0.25) is 0 Å². The van der Waals surface area contributed by atoms with Crippen molar-refractivity contribution >= 4 is 45.9 Å². The summed E-state index contributed by atoms with van der Waals surface area (Å²) in [6.07, 6.45) is 8.83. The summed E-state index contributed by atoms with van der Waals surface area (Å²) in [4.78, 5) is 2.42. The molecule has 1 aliphatic carbocycles. The number of furan rings is 1. The summed E-state index contributed by atoms with van der Waals surface area (Å²) in [5.41, 5.74) is 7.40. The molecule has 2 heterocycles. The third-order valence-corrected chi connectivity index (χ3v) is 7.23. The van der Waals surface area contributed by atoms with Gasteiger partial charge in [-0.15, -0.1) is 0 Å². The first-order valence-electron chi connectivity index (χ1n) is 11.8. The first-order chi connectivity index (χ1) is 17.2. The third-order valence-electron chi connectivity index (χ3n) is 7.23. The van der Waals surface area contributed by atoms with Crippen molar-refractivity contribution in [2.75, 3.05) is 4.90 Å². The summed E-state index contributed by atoms with van der Waals surface area (Å²) < 4.78 is 6.29. The highest BCUT2D eigenvalue weighted by atomic mass is 16.4. The van der Waals surface area contributed by atoms with E-state index >= 15 is 0 Å². The molecule has 2 unspecified atom stereocenters. The van der Waals surface area contributed by atoms with Gasteiger partial charge in [-0.1, -0.05) is 85.0 Å². The van der Waals surface area contributed by atoms with Gasteiger partial charge in [-0.05, 0) is 35.4 Å². The van der Waals surface area contributed by atoms with Crippen molar-refractivity contribution in [1.29, 1.82) is 0 Å². The first-order valence-corrected chi connectivity index (χ1v) is 11.8. The minimum atomic E-state index is -1.59. The zero-order chi connectivity index (χ0) is 23.5. The molecule has 2 aliphatic rings. The number of fused-ring (bicyclic) bond motifs is 6. The van der Waals surface area contributed by atoms with E-state index in [1.54, 1.807) is 6.07 Å². The SMILES string of the molecule is OB(O)c1cccc2c1oc1c(-c3ccc4c(c3)C3C=CC=CC3N4c3ccccc3)cccc12. The Morgan fingerprint density at radius 1 is 0.743 bits per heavy atom. The van der Waals surface area contributed by atoms with E-state index in [4.69, 9.17) is 4.42 Å². The number of benzene rings is 4. The zero-order valence-corrected chi connectivity index (χ0v) is 18.9. The average molecular weight is 455 g/mol. The second kappa shape index (κ2) is 7.74. The molecule has 4 nitrogen and oxygen atoms in total. The standard InChI is InChI=1S/C30H22BNO3/c33-31(34)26-14-7-13-24-23-12-6-11-21(29(23)35-30(24)26)19-16-17-28-25(18-19)22-10-4-5-15-27(22)32(28)20-8-2-1-3-9-20/h1-18,22,27,33-34H. The summed E-state index contributed by atoms with van der Waals surface area (Å²) in [6.45, 7) is 0. The molecular formula is C30H22BNO3. The highest BCUT2D eigenvalue weighted by molar-refractivity contribution is 6.61. The summed E-state index contributed by atoms with van der Waals surface area (Å²) in [5.74, 6) is 0.265. The molecule has 5 aromatic rings. The molecule has 7 rings (SSSR count). The molecule has 0 bridgehead atoms. The molecule has 0 spiro atoms. The first kappa shape index (κ1) is 20.3. The molecule has 1 aromatic heterocycles. The number of para-hydroxylation sites is 3. The lowest BCUT2D eigenvalue weighted by Crippen LogP contribution is -2.29. The average Bonchev–Trinajstić information content (AvgIpc) is 3.44. The molecule has 2 atom stereocenters. The minimum absolute atomic E-state index is 0.239. The van der Waals surface area contributed by atoms with Crippen LogP contribution < -0.4 is 10.4 Å². The number of hydrogen-bond donors (Lipinski definition) is 2. The summed E-state index contributed by atoms with van der Waals surface area (Å²) >= 11 is 0. The van der Waals surface area contributed by atoms with Crippen molar-refractivity contribution < 1.29 is 14.5 Å². The minimum Gasteiger partial charge on any atom is -0.456 e. The molecule has 168 valence electrons. The zero-order valence-electron chi connectivity index (χ0n) is 18.9. The molecule has 4 aromatic carbocycles. The second-order valence-electron chi connectivity index (χ2n) is 9.15. The maximum absolute atomic E-state index is 9.85. The highest BCUT2D eigenvalue weighted by Crippen LogP contribution is 2.49. The van der Waals surface area contributed by atoms with E-state index in [9.17, 15) is 10.0 Å². The molecule has 0 saturated carbocycles. The van der Waals surface area contributed by atoms with E-state index in [1.165, 1.54) is 16.9 Å². The van der Waals surface area contributed by atoms with Gasteiger partial charge in [-0.25, -0.2) is 0 Å². The Morgan fingerprint density at radius 3 is 2.34 bits per heavy atom. The Morgan fingerprint density at radius 2 is 1.51 bits per heavy atom. The van der Waals surface area contributed by atoms with Crippen molar-refractivity contribution in [2.45, 2.75) is 12.0 Å². The van der Waals surface area contributed by atoms with Gasteiger partial charge in [0, 0.05) is 39.1 Å². The molecule has 35 heavy (non-hydrogen) atoms. The predicted molar refractivity (Wildman–Crippen MR) is 142 cm³/mol. The fraction of sp³-hybridized carbons (Fsp3) is 0.0667. The van der Waals surface area contributed by atoms with E-state index in [1.807, 2.05) is 30.3 Å². The molecular weight excluding hydrogens is 433 g/mol. The molecule has 0 fully saturated rings. The molecule has 2 N–H and O–H groups in total. The topological polar surface area (TPSA) is 56.8 Å². The van der Waals surface area contributed by atoms with Crippen LogP contribution in [0.2, 0.25) is 0 Å². The van der Waals surface area contributed by atoms with Crippen LogP contribution >= 0.6 is 0 Å². The van der Waals surface area contributed by atoms with Gasteiger partial charge >= 0.3 is 7.12 Å². The maximum atomic E-state index is 9.85. The van der Waals surface area contributed by atoms with E-state index in [-0.39, 0.29) is 12.0 Å². The number of anilines is 2. The fourth-order valence-electron chi connectivity index (χ4n) is 5.67. The fourth-order valence-corrected chi connectivity index (χ4v) is 5.67. The largest absolute Gasteiger partial charge is 0.492 e. The molecule has 5 heteroatoms. The quantitative estimate of drug-likeness (QED) is 0.345. The van der Waals surface area contributed by atoms with Gasteiger partial charge in [-0.2, -0.15) is 0 Å². The number of nitrogens with zero attached hydrogens (tertiary/aromatic N) is 1. The van der Waals surface area contributed by atoms with Crippen LogP contribution in [0.15, 0.2) is 114 Å². The van der Waals surface area contributed by atoms with Crippen LogP contribution in [0.5, 0.6) is 0 Å².